The third kappa shape index (κ3) is 5.08. The molecule has 2 heterocycles. The first kappa shape index (κ1) is 21.4. The van der Waals surface area contributed by atoms with Crippen molar-refractivity contribution in [2.75, 3.05) is 39.0 Å². The van der Waals surface area contributed by atoms with Crippen LogP contribution >= 0.6 is 11.8 Å². The van der Waals surface area contributed by atoms with Crippen LogP contribution in [0.1, 0.15) is 36.4 Å². The topological polar surface area (TPSA) is 35.6 Å². The van der Waals surface area contributed by atoms with Crippen LogP contribution in [-0.4, -0.2) is 66.0 Å². The van der Waals surface area contributed by atoms with Gasteiger partial charge in [0.1, 0.15) is 0 Å². The van der Waals surface area contributed by atoms with Gasteiger partial charge in [0.05, 0.1) is 6.04 Å². The second kappa shape index (κ2) is 10.5. The SMILES string of the molecule is CSC(CC(=O)N1CCN(C(c2ccccc2)c2ccccc2)CC1)C1CCCN1. The summed E-state index contributed by atoms with van der Waals surface area (Å²) in [5.41, 5.74) is 2.64. The molecular weight excluding hydrogens is 390 g/mol. The van der Waals surface area contributed by atoms with E-state index in [0.717, 1.165) is 32.7 Å². The second-order valence-corrected chi connectivity index (χ2v) is 9.40. The molecule has 0 aromatic heterocycles. The van der Waals surface area contributed by atoms with Crippen LogP contribution in [0.5, 0.6) is 0 Å². The molecule has 0 radical (unpaired) electrons. The molecule has 4 rings (SSSR count). The summed E-state index contributed by atoms with van der Waals surface area (Å²) in [6.07, 6.45) is 5.22. The van der Waals surface area contributed by atoms with Crippen molar-refractivity contribution in [3.05, 3.63) is 71.8 Å². The van der Waals surface area contributed by atoms with Gasteiger partial charge in [-0.15, -0.1) is 0 Å². The number of nitrogens with one attached hydrogen (secondary N) is 1. The fourth-order valence-corrected chi connectivity index (χ4v) is 5.70. The van der Waals surface area contributed by atoms with Crippen LogP contribution in [0.15, 0.2) is 60.7 Å². The molecular formula is C25H33N3OS. The van der Waals surface area contributed by atoms with Gasteiger partial charge in [0.25, 0.3) is 0 Å². The van der Waals surface area contributed by atoms with Gasteiger partial charge in [0.2, 0.25) is 5.91 Å². The van der Waals surface area contributed by atoms with Gasteiger partial charge in [-0.25, -0.2) is 0 Å². The molecule has 1 N–H and O–H groups in total. The molecule has 0 saturated carbocycles. The number of benzene rings is 2. The third-order valence-electron chi connectivity index (χ3n) is 6.49. The van der Waals surface area contributed by atoms with Crippen molar-refractivity contribution in [1.29, 1.82) is 0 Å². The normalized spacial score (nSPS) is 21.1. The Labute approximate surface area is 185 Å². The van der Waals surface area contributed by atoms with Crippen molar-refractivity contribution < 1.29 is 4.79 Å². The van der Waals surface area contributed by atoms with Gasteiger partial charge in [-0.05, 0) is 36.8 Å². The summed E-state index contributed by atoms with van der Waals surface area (Å²) in [6.45, 7) is 4.54. The summed E-state index contributed by atoms with van der Waals surface area (Å²) in [7, 11) is 0. The molecule has 2 aliphatic rings. The summed E-state index contributed by atoms with van der Waals surface area (Å²) in [4.78, 5) is 17.6. The molecule has 2 unspecified atom stereocenters. The molecule has 2 aromatic rings. The molecule has 2 saturated heterocycles. The van der Waals surface area contributed by atoms with Gasteiger partial charge < -0.3 is 10.2 Å². The molecule has 2 fully saturated rings. The molecule has 0 bridgehead atoms. The molecule has 0 aliphatic carbocycles. The lowest BCUT2D eigenvalue weighted by Crippen LogP contribution is -2.50. The average Bonchev–Trinajstić information content (AvgIpc) is 3.34. The van der Waals surface area contributed by atoms with E-state index in [0.29, 0.717) is 23.6 Å². The Morgan fingerprint density at radius 3 is 2.10 bits per heavy atom. The number of hydrogen-bond acceptors (Lipinski definition) is 4. The molecule has 2 atom stereocenters. The maximum atomic E-state index is 13.0. The van der Waals surface area contributed by atoms with Crippen LogP contribution in [-0.2, 0) is 4.79 Å². The number of piperazine rings is 1. The van der Waals surface area contributed by atoms with Crippen LogP contribution in [0.4, 0.5) is 0 Å². The molecule has 1 amide bonds. The van der Waals surface area contributed by atoms with Gasteiger partial charge in [0.15, 0.2) is 0 Å². The quantitative estimate of drug-likeness (QED) is 0.735. The van der Waals surface area contributed by atoms with E-state index in [2.05, 4.69) is 82.0 Å². The fourth-order valence-electron chi connectivity index (χ4n) is 4.83. The zero-order valence-electron chi connectivity index (χ0n) is 17.9. The van der Waals surface area contributed by atoms with E-state index in [1.807, 2.05) is 11.8 Å². The molecule has 0 spiro atoms. The number of carbonyl (C=O) groups is 1. The zero-order chi connectivity index (χ0) is 20.8. The van der Waals surface area contributed by atoms with E-state index in [9.17, 15) is 4.79 Å². The largest absolute Gasteiger partial charge is 0.340 e. The summed E-state index contributed by atoms with van der Waals surface area (Å²) in [5.74, 6) is 0.318. The number of thioether (sulfide) groups is 1. The van der Waals surface area contributed by atoms with Crippen molar-refractivity contribution in [2.45, 2.75) is 36.6 Å². The average molecular weight is 424 g/mol. The molecule has 4 nitrogen and oxygen atoms in total. The van der Waals surface area contributed by atoms with E-state index < -0.39 is 0 Å². The molecule has 5 heteroatoms. The summed E-state index contributed by atoms with van der Waals surface area (Å²) in [5, 5.41) is 3.96. The maximum Gasteiger partial charge on any atom is 0.223 e. The van der Waals surface area contributed by atoms with Crippen molar-refractivity contribution in [1.82, 2.24) is 15.1 Å². The first-order valence-electron chi connectivity index (χ1n) is 11.1. The Balaban J connectivity index is 1.40. The highest BCUT2D eigenvalue weighted by molar-refractivity contribution is 7.99. The minimum atomic E-state index is 0.242. The summed E-state index contributed by atoms with van der Waals surface area (Å²) >= 11 is 1.84. The van der Waals surface area contributed by atoms with Gasteiger partial charge >= 0.3 is 0 Å². The Kier molecular flexibility index (Phi) is 7.47. The van der Waals surface area contributed by atoms with Crippen LogP contribution in [0.2, 0.25) is 0 Å². The molecule has 160 valence electrons. The van der Waals surface area contributed by atoms with E-state index in [1.54, 1.807) is 0 Å². The molecule has 30 heavy (non-hydrogen) atoms. The van der Waals surface area contributed by atoms with Crippen molar-refractivity contribution >= 4 is 17.7 Å². The monoisotopic (exact) mass is 423 g/mol. The molecule has 2 aliphatic heterocycles. The van der Waals surface area contributed by atoms with Crippen LogP contribution in [0.3, 0.4) is 0 Å². The van der Waals surface area contributed by atoms with Gasteiger partial charge in [-0.2, -0.15) is 11.8 Å². The Hall–Kier alpha value is -1.82. The van der Waals surface area contributed by atoms with Gasteiger partial charge in [0, 0.05) is 43.9 Å². The predicted molar refractivity (Wildman–Crippen MR) is 126 cm³/mol. The fraction of sp³-hybridized carbons (Fsp3) is 0.480. The van der Waals surface area contributed by atoms with E-state index in [4.69, 9.17) is 0 Å². The minimum Gasteiger partial charge on any atom is -0.340 e. The smallest absolute Gasteiger partial charge is 0.223 e. The van der Waals surface area contributed by atoms with Gasteiger partial charge in [-0.3, -0.25) is 9.69 Å². The second-order valence-electron chi connectivity index (χ2n) is 8.32. The Morgan fingerprint density at radius 2 is 1.60 bits per heavy atom. The zero-order valence-corrected chi connectivity index (χ0v) is 18.7. The number of rotatable bonds is 7. The maximum absolute atomic E-state index is 13.0. The standard InChI is InChI=1S/C25H33N3OS/c1-30-23(22-13-8-14-26-22)19-24(29)27-15-17-28(18-16-27)25(20-9-4-2-5-10-20)21-11-6-3-7-12-21/h2-7,9-12,22-23,25-26H,8,13-19H2,1H3. The summed E-state index contributed by atoms with van der Waals surface area (Å²) < 4.78 is 0. The van der Waals surface area contributed by atoms with E-state index in [-0.39, 0.29) is 6.04 Å². The van der Waals surface area contributed by atoms with E-state index in [1.165, 1.54) is 24.0 Å². The van der Waals surface area contributed by atoms with Crippen molar-refractivity contribution in [3.8, 4) is 0 Å². The lowest BCUT2D eigenvalue weighted by atomic mass is 9.96. The lowest BCUT2D eigenvalue weighted by molar-refractivity contribution is -0.133. The van der Waals surface area contributed by atoms with Crippen molar-refractivity contribution in [3.63, 3.8) is 0 Å². The van der Waals surface area contributed by atoms with Gasteiger partial charge in [-0.1, -0.05) is 60.7 Å². The van der Waals surface area contributed by atoms with Crippen LogP contribution in [0, 0.1) is 0 Å². The third-order valence-corrected chi connectivity index (χ3v) is 7.59. The number of carbonyl (C=O) groups excluding carboxylic acids is 1. The highest BCUT2D eigenvalue weighted by Gasteiger charge is 2.31. The first-order chi connectivity index (χ1) is 14.8. The number of nitrogens with zero attached hydrogens (tertiary/aromatic N) is 2. The first-order valence-corrected chi connectivity index (χ1v) is 12.4. The van der Waals surface area contributed by atoms with Crippen LogP contribution in [0.25, 0.3) is 0 Å². The lowest BCUT2D eigenvalue weighted by Gasteiger charge is -2.40. The predicted octanol–water partition coefficient (Wildman–Crippen LogP) is 3.79. The highest BCUT2D eigenvalue weighted by atomic mass is 32.2. The Morgan fingerprint density at radius 1 is 1.00 bits per heavy atom. The van der Waals surface area contributed by atoms with Crippen LogP contribution < -0.4 is 5.32 Å². The number of amides is 1. The van der Waals surface area contributed by atoms with E-state index >= 15 is 0 Å². The molecule has 2 aromatic carbocycles. The highest BCUT2D eigenvalue weighted by Crippen LogP contribution is 2.30. The summed E-state index contributed by atoms with van der Waals surface area (Å²) in [6, 6.07) is 22.2. The Bertz CT molecular complexity index is 747. The minimum absolute atomic E-state index is 0.242. The number of hydrogen-bond donors (Lipinski definition) is 1. The van der Waals surface area contributed by atoms with Crippen molar-refractivity contribution in [2.24, 2.45) is 0 Å².